The second-order valence-electron chi connectivity index (χ2n) is 6.07. The first-order valence-electron chi connectivity index (χ1n) is 8.16. The highest BCUT2D eigenvalue weighted by atomic mass is 35.5. The van der Waals surface area contributed by atoms with Crippen LogP contribution in [0.3, 0.4) is 0 Å². The third-order valence-corrected chi connectivity index (χ3v) is 5.40. The van der Waals surface area contributed by atoms with Crippen LogP contribution in [0.2, 0.25) is 0 Å². The molecule has 142 valence electrons. The Kier molecular flexibility index (Phi) is 9.71. The molecule has 0 aliphatic carbocycles. The van der Waals surface area contributed by atoms with Crippen LogP contribution in [-0.4, -0.2) is 47.5 Å². The number of nitrogens with two attached hydrogens (primary N) is 1. The second kappa shape index (κ2) is 11.0. The van der Waals surface area contributed by atoms with Gasteiger partial charge >= 0.3 is 5.97 Å². The highest BCUT2D eigenvalue weighted by Gasteiger charge is 2.27. The van der Waals surface area contributed by atoms with Gasteiger partial charge in [-0.1, -0.05) is 0 Å². The summed E-state index contributed by atoms with van der Waals surface area (Å²) in [7, 11) is 0. The maximum absolute atomic E-state index is 12.5. The third-order valence-electron chi connectivity index (χ3n) is 4.21. The minimum atomic E-state index is -0.558. The molecule has 0 saturated carbocycles. The number of hydrogen-bond acceptors (Lipinski definition) is 6. The average Bonchev–Trinajstić information content (AvgIpc) is 3.02. The summed E-state index contributed by atoms with van der Waals surface area (Å²) in [5.41, 5.74) is 6.89. The smallest absolute Gasteiger partial charge is 0.302 e. The normalized spacial score (nSPS) is 16.2. The molecule has 1 amide bonds. The third kappa shape index (κ3) is 7.09. The molecule has 0 spiro atoms. The lowest BCUT2D eigenvalue weighted by Gasteiger charge is -2.33. The zero-order valence-electron chi connectivity index (χ0n) is 14.3. The van der Waals surface area contributed by atoms with Gasteiger partial charge in [0, 0.05) is 31.8 Å². The quantitative estimate of drug-likeness (QED) is 0.551. The van der Waals surface area contributed by atoms with E-state index in [2.05, 4.69) is 4.98 Å². The Labute approximate surface area is 163 Å². The standard InChI is InChI=1S/C16H24ClN3O3S.ClH/c1-11(21)23-7-4-12-2-5-20(6-3-12)16(22)14(18)8-15-19-13(9-17)10-24-15;/h10,12,14H,2-9,18H2,1H3;1H. The van der Waals surface area contributed by atoms with Gasteiger partial charge in [0.25, 0.3) is 0 Å². The molecule has 2 rings (SSSR count). The van der Waals surface area contributed by atoms with Crippen molar-refractivity contribution in [3.8, 4) is 0 Å². The fourth-order valence-corrected chi connectivity index (χ4v) is 3.91. The summed E-state index contributed by atoms with van der Waals surface area (Å²) in [5, 5.41) is 2.75. The van der Waals surface area contributed by atoms with Crippen LogP contribution in [-0.2, 0) is 26.6 Å². The largest absolute Gasteiger partial charge is 0.466 e. The number of hydrogen-bond donors (Lipinski definition) is 1. The monoisotopic (exact) mass is 409 g/mol. The summed E-state index contributed by atoms with van der Waals surface area (Å²) >= 11 is 7.23. The summed E-state index contributed by atoms with van der Waals surface area (Å²) in [6.07, 6.45) is 3.15. The molecule has 25 heavy (non-hydrogen) atoms. The van der Waals surface area contributed by atoms with Crippen molar-refractivity contribution in [3.63, 3.8) is 0 Å². The van der Waals surface area contributed by atoms with E-state index in [1.165, 1.54) is 18.3 Å². The predicted octanol–water partition coefficient (Wildman–Crippen LogP) is 2.37. The van der Waals surface area contributed by atoms with Crippen LogP contribution in [0.1, 0.15) is 36.9 Å². The van der Waals surface area contributed by atoms with E-state index in [0.717, 1.165) is 30.0 Å². The van der Waals surface area contributed by atoms with Crippen LogP contribution >= 0.6 is 35.3 Å². The molecule has 9 heteroatoms. The number of amides is 1. The maximum Gasteiger partial charge on any atom is 0.302 e. The van der Waals surface area contributed by atoms with Crippen LogP contribution in [0.25, 0.3) is 0 Å². The molecule has 1 fully saturated rings. The number of carbonyl (C=O) groups is 2. The molecule has 1 aromatic rings. The van der Waals surface area contributed by atoms with Crippen molar-refractivity contribution in [1.29, 1.82) is 0 Å². The van der Waals surface area contributed by atoms with Crippen molar-refractivity contribution in [3.05, 3.63) is 16.1 Å². The number of thiazole rings is 1. The summed E-state index contributed by atoms with van der Waals surface area (Å²) in [5.74, 6) is 0.611. The molecular weight excluding hydrogens is 385 g/mol. The number of rotatable bonds is 7. The molecular formula is C16H25Cl2N3O3S. The molecule has 2 heterocycles. The Bertz CT molecular complexity index is 563. The molecule has 1 aromatic heterocycles. The summed E-state index contributed by atoms with van der Waals surface area (Å²) in [4.78, 5) is 29.4. The molecule has 1 saturated heterocycles. The highest BCUT2D eigenvalue weighted by molar-refractivity contribution is 7.09. The number of ether oxygens (including phenoxy) is 1. The first-order chi connectivity index (χ1) is 11.5. The Balaban J connectivity index is 0.00000312. The number of aromatic nitrogens is 1. The number of carbonyl (C=O) groups excluding carboxylic acids is 2. The first-order valence-corrected chi connectivity index (χ1v) is 9.58. The van der Waals surface area contributed by atoms with E-state index in [9.17, 15) is 9.59 Å². The lowest BCUT2D eigenvalue weighted by Crippen LogP contribution is -2.48. The SMILES string of the molecule is CC(=O)OCCC1CCN(C(=O)C(N)Cc2nc(CCl)cs2)CC1.Cl. The molecule has 0 aromatic carbocycles. The Morgan fingerprint density at radius 2 is 2.16 bits per heavy atom. The fourth-order valence-electron chi connectivity index (χ4n) is 2.83. The van der Waals surface area contributed by atoms with Crippen molar-refractivity contribution >= 4 is 47.2 Å². The van der Waals surface area contributed by atoms with Gasteiger partial charge in [-0.05, 0) is 25.2 Å². The number of nitrogens with zero attached hydrogens (tertiary/aromatic N) is 2. The number of halogens is 2. The first kappa shape index (κ1) is 22.2. The van der Waals surface area contributed by atoms with Crippen LogP contribution in [0.15, 0.2) is 5.38 Å². The van der Waals surface area contributed by atoms with Gasteiger partial charge in [0.05, 0.1) is 29.2 Å². The molecule has 1 aliphatic heterocycles. The van der Waals surface area contributed by atoms with Gasteiger partial charge in [-0.15, -0.1) is 35.3 Å². The minimum Gasteiger partial charge on any atom is -0.466 e. The van der Waals surface area contributed by atoms with Crippen molar-refractivity contribution in [1.82, 2.24) is 9.88 Å². The van der Waals surface area contributed by atoms with E-state index in [1.807, 2.05) is 10.3 Å². The second-order valence-corrected chi connectivity index (χ2v) is 7.28. The molecule has 0 bridgehead atoms. The van der Waals surface area contributed by atoms with E-state index in [1.54, 1.807) is 0 Å². The van der Waals surface area contributed by atoms with E-state index in [-0.39, 0.29) is 24.3 Å². The van der Waals surface area contributed by atoms with Gasteiger partial charge < -0.3 is 15.4 Å². The van der Waals surface area contributed by atoms with Crippen molar-refractivity contribution < 1.29 is 14.3 Å². The zero-order chi connectivity index (χ0) is 17.5. The van der Waals surface area contributed by atoms with E-state index in [4.69, 9.17) is 22.1 Å². The van der Waals surface area contributed by atoms with E-state index >= 15 is 0 Å². The van der Waals surface area contributed by atoms with E-state index < -0.39 is 6.04 Å². The van der Waals surface area contributed by atoms with Crippen LogP contribution in [0, 0.1) is 5.92 Å². The predicted molar refractivity (Wildman–Crippen MR) is 101 cm³/mol. The van der Waals surface area contributed by atoms with Gasteiger partial charge in [0.15, 0.2) is 0 Å². The molecule has 2 N–H and O–H groups in total. The van der Waals surface area contributed by atoms with Crippen LogP contribution < -0.4 is 5.73 Å². The molecule has 1 unspecified atom stereocenters. The molecule has 1 atom stereocenters. The minimum absolute atomic E-state index is 0. The van der Waals surface area contributed by atoms with Gasteiger partial charge in [0.2, 0.25) is 5.91 Å². The Hall–Kier alpha value is -0.890. The Morgan fingerprint density at radius 1 is 1.48 bits per heavy atom. The van der Waals surface area contributed by atoms with E-state index in [0.29, 0.717) is 37.9 Å². The average molecular weight is 410 g/mol. The highest BCUT2D eigenvalue weighted by Crippen LogP contribution is 2.21. The van der Waals surface area contributed by atoms with Gasteiger partial charge in [-0.2, -0.15) is 0 Å². The van der Waals surface area contributed by atoms with Crippen molar-refractivity contribution in [2.45, 2.75) is 44.5 Å². The summed E-state index contributed by atoms with van der Waals surface area (Å²) in [6.45, 7) is 3.30. The topological polar surface area (TPSA) is 85.5 Å². The molecule has 1 aliphatic rings. The fraction of sp³-hybridized carbons (Fsp3) is 0.688. The van der Waals surface area contributed by atoms with Crippen molar-refractivity contribution in [2.75, 3.05) is 19.7 Å². The summed E-state index contributed by atoms with van der Waals surface area (Å²) in [6, 6.07) is -0.558. The molecule has 0 radical (unpaired) electrons. The maximum atomic E-state index is 12.5. The zero-order valence-corrected chi connectivity index (χ0v) is 16.7. The number of piperidine rings is 1. The van der Waals surface area contributed by atoms with Crippen molar-refractivity contribution in [2.24, 2.45) is 11.7 Å². The molecule has 6 nitrogen and oxygen atoms in total. The lowest BCUT2D eigenvalue weighted by atomic mass is 9.93. The number of esters is 1. The summed E-state index contributed by atoms with van der Waals surface area (Å²) < 4.78 is 4.98. The van der Waals surface area contributed by atoms with Gasteiger partial charge in [0.1, 0.15) is 0 Å². The van der Waals surface area contributed by atoms with Crippen LogP contribution in [0.4, 0.5) is 0 Å². The number of likely N-dealkylation sites (tertiary alicyclic amines) is 1. The Morgan fingerprint density at radius 3 is 2.72 bits per heavy atom. The van der Waals surface area contributed by atoms with Gasteiger partial charge in [-0.3, -0.25) is 9.59 Å². The van der Waals surface area contributed by atoms with Crippen LogP contribution in [0.5, 0.6) is 0 Å². The lowest BCUT2D eigenvalue weighted by molar-refractivity contribution is -0.141. The number of alkyl halides is 1. The van der Waals surface area contributed by atoms with Gasteiger partial charge in [-0.25, -0.2) is 4.98 Å².